The number of benzene rings is 2. The summed E-state index contributed by atoms with van der Waals surface area (Å²) in [6, 6.07) is 10.9. The van der Waals surface area contributed by atoms with Crippen LogP contribution in [0.2, 0.25) is 0 Å². The van der Waals surface area contributed by atoms with Gasteiger partial charge in [0.2, 0.25) is 5.90 Å². The number of methoxy groups -OCH3 is 2. The van der Waals surface area contributed by atoms with Gasteiger partial charge < -0.3 is 24.4 Å². The number of nitrogens with zero attached hydrogens (tertiary/aromatic N) is 2. The molecule has 0 radical (unpaired) electrons. The Kier molecular flexibility index (Phi) is 12.5. The maximum Gasteiger partial charge on any atom is 0.340 e. The Bertz CT molecular complexity index is 1340. The Balaban J connectivity index is 0.000000265. The van der Waals surface area contributed by atoms with Crippen LogP contribution in [0.3, 0.4) is 0 Å². The molecule has 1 spiro atoms. The number of nitrogens with one attached hydrogen (secondary N) is 2. The molecular formula is C30H41ClN4O8. The summed E-state index contributed by atoms with van der Waals surface area (Å²) in [6.45, 7) is 3.75. The van der Waals surface area contributed by atoms with E-state index in [1.54, 1.807) is 46.6 Å². The summed E-state index contributed by atoms with van der Waals surface area (Å²) in [7, 11) is 9.41. The molecule has 1 heterocycles. The van der Waals surface area contributed by atoms with E-state index >= 15 is 0 Å². The number of likely N-dealkylation sites (N-methyl/N-ethyl adjacent to an activating group) is 1. The smallest absolute Gasteiger partial charge is 0.340 e. The number of hydrogen-bond donors (Lipinski definition) is 2. The molecule has 0 saturated heterocycles. The second-order valence-electron chi connectivity index (χ2n) is 10.0. The van der Waals surface area contributed by atoms with Crippen LogP contribution in [0.4, 0.5) is 0 Å². The van der Waals surface area contributed by atoms with Crippen LogP contribution in [-0.2, 0) is 24.0 Å². The molecule has 0 atom stereocenters. The van der Waals surface area contributed by atoms with Gasteiger partial charge in [0.25, 0.3) is 11.8 Å². The van der Waals surface area contributed by atoms with Crippen molar-refractivity contribution in [1.29, 1.82) is 0 Å². The fraction of sp³-hybridized carbons (Fsp3) is 0.467. The molecule has 3 aliphatic rings. The number of cyclic esters (lactones) is 1. The third-order valence-corrected chi connectivity index (χ3v) is 7.37. The molecule has 2 fully saturated rings. The van der Waals surface area contributed by atoms with Gasteiger partial charge in [-0.25, -0.2) is 20.3 Å². The van der Waals surface area contributed by atoms with Crippen molar-refractivity contribution >= 4 is 36.1 Å². The fourth-order valence-electron chi connectivity index (χ4n) is 4.33. The van der Waals surface area contributed by atoms with Crippen molar-refractivity contribution < 1.29 is 38.3 Å². The highest BCUT2D eigenvalue weighted by Gasteiger charge is 2.56. The third kappa shape index (κ3) is 8.02. The zero-order valence-corrected chi connectivity index (χ0v) is 26.7. The van der Waals surface area contributed by atoms with Crippen LogP contribution < -0.4 is 20.3 Å². The average molecular weight is 621 g/mol. The summed E-state index contributed by atoms with van der Waals surface area (Å²) >= 11 is 0. The molecule has 2 N–H and O–H groups in total. The molecule has 2 aromatic rings. The van der Waals surface area contributed by atoms with Crippen molar-refractivity contribution in [3.05, 3.63) is 58.7 Å². The lowest BCUT2D eigenvalue weighted by Gasteiger charge is -2.22. The maximum absolute atomic E-state index is 12.4. The highest BCUT2D eigenvalue weighted by Crippen LogP contribution is 2.45. The van der Waals surface area contributed by atoms with Crippen LogP contribution in [0.1, 0.15) is 52.7 Å². The van der Waals surface area contributed by atoms with Gasteiger partial charge in [-0.15, -0.1) is 12.4 Å². The molecule has 0 unspecified atom stereocenters. The van der Waals surface area contributed by atoms with Gasteiger partial charge in [-0.2, -0.15) is 0 Å². The van der Waals surface area contributed by atoms with Crippen molar-refractivity contribution in [2.45, 2.75) is 50.6 Å². The van der Waals surface area contributed by atoms with Crippen LogP contribution in [0.5, 0.6) is 11.5 Å². The zero-order valence-electron chi connectivity index (χ0n) is 25.9. The number of ether oxygens (including phenoxy) is 3. The van der Waals surface area contributed by atoms with Gasteiger partial charge in [-0.05, 0) is 63.8 Å². The molecule has 12 nitrogen and oxygen atoms in total. The summed E-state index contributed by atoms with van der Waals surface area (Å²) in [5.74, 6) is 1.13. The second-order valence-corrected chi connectivity index (χ2v) is 10.0. The van der Waals surface area contributed by atoms with Crippen LogP contribution >= 0.6 is 12.4 Å². The van der Waals surface area contributed by atoms with Crippen molar-refractivity contribution in [3.63, 3.8) is 0 Å². The zero-order chi connectivity index (χ0) is 31.1. The molecule has 5 rings (SSSR count). The first kappa shape index (κ1) is 35.5. The minimum absolute atomic E-state index is 0. The quantitative estimate of drug-likeness (QED) is 0.336. The van der Waals surface area contributed by atoms with Crippen LogP contribution in [0.15, 0.2) is 41.4 Å². The lowest BCUT2D eigenvalue weighted by atomic mass is 10.1. The minimum atomic E-state index is -0.836. The number of rotatable bonds is 8. The molecule has 43 heavy (non-hydrogen) atoms. The van der Waals surface area contributed by atoms with Crippen molar-refractivity contribution in [1.82, 2.24) is 15.9 Å². The molecular weight excluding hydrogens is 580 g/mol. The van der Waals surface area contributed by atoms with Crippen LogP contribution in [0.25, 0.3) is 0 Å². The van der Waals surface area contributed by atoms with Gasteiger partial charge in [-0.3, -0.25) is 14.4 Å². The van der Waals surface area contributed by atoms with Crippen LogP contribution in [-0.4, -0.2) is 82.4 Å². The molecule has 2 aliphatic carbocycles. The number of hydroxylamine groups is 3. The maximum atomic E-state index is 12.4. The number of hydrogen-bond acceptors (Lipinski definition) is 10. The van der Waals surface area contributed by atoms with Gasteiger partial charge in [0.15, 0.2) is 5.54 Å². The van der Waals surface area contributed by atoms with Gasteiger partial charge >= 0.3 is 5.97 Å². The first-order valence-electron chi connectivity index (χ1n) is 13.5. The van der Waals surface area contributed by atoms with E-state index in [9.17, 15) is 14.4 Å². The molecule has 2 aromatic carbocycles. The number of carbonyl (C=O) groups excluding carboxylic acids is 3. The van der Waals surface area contributed by atoms with Crippen molar-refractivity contribution in [2.24, 2.45) is 4.99 Å². The largest absolute Gasteiger partial charge is 0.496 e. The van der Waals surface area contributed by atoms with E-state index in [1.165, 1.54) is 14.2 Å². The number of amides is 2. The molecule has 0 bridgehead atoms. The summed E-state index contributed by atoms with van der Waals surface area (Å²) in [5.41, 5.74) is 4.08. The minimum Gasteiger partial charge on any atom is -0.496 e. The SMILES string of the molecule is CNOC.COc1cccc(C(=O)NC2(C(=O)N(C)OC)CC2)c1C.COc1cccc(C2=NC3(CC3)C(=O)O2)c1C.Cl. The molecule has 0 aromatic heterocycles. The first-order chi connectivity index (χ1) is 20.0. The highest BCUT2D eigenvalue weighted by atomic mass is 35.5. The topological polar surface area (TPSA) is 137 Å². The molecule has 1 aliphatic heterocycles. The monoisotopic (exact) mass is 620 g/mol. The third-order valence-electron chi connectivity index (χ3n) is 7.37. The Labute approximate surface area is 258 Å². The number of carbonyl (C=O) groups is 3. The van der Waals surface area contributed by atoms with Crippen molar-refractivity contribution in [2.75, 3.05) is 42.5 Å². The van der Waals surface area contributed by atoms with Gasteiger partial charge in [0.05, 0.1) is 28.4 Å². The predicted octanol–water partition coefficient (Wildman–Crippen LogP) is 3.31. The predicted molar refractivity (Wildman–Crippen MR) is 163 cm³/mol. The first-order valence-corrected chi connectivity index (χ1v) is 13.5. The summed E-state index contributed by atoms with van der Waals surface area (Å²) in [5, 5.41) is 3.97. The van der Waals surface area contributed by atoms with E-state index in [0.29, 0.717) is 30.1 Å². The molecule has 13 heteroatoms. The lowest BCUT2D eigenvalue weighted by molar-refractivity contribution is -0.172. The summed E-state index contributed by atoms with van der Waals surface area (Å²) in [6.07, 6.45) is 2.85. The van der Waals surface area contributed by atoms with E-state index < -0.39 is 11.1 Å². The van der Waals surface area contributed by atoms with E-state index in [1.807, 2.05) is 32.0 Å². The fourth-order valence-corrected chi connectivity index (χ4v) is 4.33. The standard InChI is InChI=1S/C15H20N2O4.C13H13NO3.C2H7NO.ClH/c1-10-11(6-5-7-12(10)20-3)13(18)16-15(8-9-15)14(19)17(2)21-4;1-8-9(4-3-5-10(8)16-2)11-14-13(6-7-13)12(15)17-11;1-3-4-2;/h5-7H,8-9H2,1-4H3,(H,16,18);3-5H,6-7H2,1-2H3;3H,1-2H3;1H. The van der Waals surface area contributed by atoms with Gasteiger partial charge in [0.1, 0.15) is 17.0 Å². The van der Waals surface area contributed by atoms with Gasteiger partial charge in [0, 0.05) is 36.3 Å². The van der Waals surface area contributed by atoms with Gasteiger partial charge in [-0.1, -0.05) is 12.1 Å². The van der Waals surface area contributed by atoms with Crippen LogP contribution in [0, 0.1) is 13.8 Å². The lowest BCUT2D eigenvalue weighted by Crippen LogP contribution is -2.49. The second kappa shape index (κ2) is 15.1. The van der Waals surface area contributed by atoms with E-state index in [2.05, 4.69) is 20.6 Å². The highest BCUT2D eigenvalue weighted by molar-refractivity contribution is 6.10. The van der Waals surface area contributed by atoms with Crippen molar-refractivity contribution in [3.8, 4) is 11.5 Å². The summed E-state index contributed by atoms with van der Waals surface area (Å²) in [4.78, 5) is 49.9. The summed E-state index contributed by atoms with van der Waals surface area (Å²) < 4.78 is 15.7. The van der Waals surface area contributed by atoms with E-state index in [4.69, 9.17) is 19.0 Å². The van der Waals surface area contributed by atoms with E-state index in [0.717, 1.165) is 40.3 Å². The number of esters is 1. The Morgan fingerprint density at radius 3 is 1.95 bits per heavy atom. The Morgan fingerprint density at radius 1 is 0.930 bits per heavy atom. The normalized spacial score (nSPS) is 16.1. The Hall–Kier alpha value is -3.71. The number of halogens is 1. The molecule has 2 amide bonds. The molecule has 2 saturated carbocycles. The Morgan fingerprint density at radius 2 is 1.49 bits per heavy atom. The molecule has 236 valence electrons. The number of aliphatic imine (C=N–C) groups is 1. The average Bonchev–Trinajstić information content (AvgIpc) is 3.92. The van der Waals surface area contributed by atoms with E-state index in [-0.39, 0.29) is 30.2 Å².